The van der Waals surface area contributed by atoms with Crippen LogP contribution in [-0.2, 0) is 20.4 Å². The number of anilines is 1. The number of aromatic hydroxyl groups is 1. The summed E-state index contributed by atoms with van der Waals surface area (Å²) in [5, 5.41) is 13.3. The van der Waals surface area contributed by atoms with Gasteiger partial charge in [-0.2, -0.15) is 0 Å². The maximum absolute atomic E-state index is 13.1. The molecule has 0 unspecified atom stereocenters. The molecule has 0 spiro atoms. The fourth-order valence-corrected chi connectivity index (χ4v) is 4.84. The van der Waals surface area contributed by atoms with Gasteiger partial charge in [0.05, 0.1) is 4.91 Å². The molecule has 3 rings (SSSR count). The molecule has 1 heterocycles. The van der Waals surface area contributed by atoms with E-state index in [4.69, 9.17) is 0 Å². The predicted molar refractivity (Wildman–Crippen MR) is 143 cm³/mol. The average Bonchev–Trinajstić information content (AvgIpc) is 2.97. The van der Waals surface area contributed by atoms with Gasteiger partial charge in [-0.15, -0.1) is 0 Å². The summed E-state index contributed by atoms with van der Waals surface area (Å²) < 4.78 is 0. The van der Waals surface area contributed by atoms with Crippen LogP contribution in [0.2, 0.25) is 0 Å². The lowest BCUT2D eigenvalue weighted by atomic mass is 9.78. The number of thioether (sulfide) groups is 1. The number of rotatable bonds is 4. The fraction of sp³-hybridized carbons (Fsp3) is 0.393. The summed E-state index contributed by atoms with van der Waals surface area (Å²) in [5.74, 6) is -0.682. The fourth-order valence-electron chi connectivity index (χ4n) is 4.01. The molecule has 186 valence electrons. The van der Waals surface area contributed by atoms with Crippen molar-refractivity contribution in [1.29, 1.82) is 0 Å². The largest absolute Gasteiger partial charge is 0.507 e. The van der Waals surface area contributed by atoms with Crippen LogP contribution < -0.4 is 5.32 Å². The summed E-state index contributed by atoms with van der Waals surface area (Å²) in [4.78, 5) is 39.6. The third-order valence-corrected chi connectivity index (χ3v) is 6.87. The van der Waals surface area contributed by atoms with Crippen molar-refractivity contribution in [3.63, 3.8) is 0 Å². The molecular formula is C28H34N2O4S. The highest BCUT2D eigenvalue weighted by Crippen LogP contribution is 2.41. The molecule has 1 aliphatic heterocycles. The van der Waals surface area contributed by atoms with Crippen LogP contribution in [0.3, 0.4) is 0 Å². The molecule has 0 bridgehead atoms. The molecule has 0 aliphatic carbocycles. The van der Waals surface area contributed by atoms with E-state index in [1.807, 2.05) is 85.7 Å². The third-order valence-electron chi connectivity index (χ3n) is 5.97. The molecule has 1 aliphatic rings. The highest BCUT2D eigenvalue weighted by atomic mass is 32.2. The van der Waals surface area contributed by atoms with Crippen molar-refractivity contribution in [2.24, 2.45) is 0 Å². The summed E-state index contributed by atoms with van der Waals surface area (Å²) >= 11 is 0.818. The van der Waals surface area contributed by atoms with Crippen LogP contribution in [0.4, 0.5) is 10.5 Å². The summed E-state index contributed by atoms with van der Waals surface area (Å²) in [6.07, 6.45) is 1.66. The van der Waals surface area contributed by atoms with Gasteiger partial charge in [0.25, 0.3) is 11.1 Å². The van der Waals surface area contributed by atoms with Crippen molar-refractivity contribution in [2.75, 3.05) is 11.9 Å². The SMILES string of the molecule is Cc1cccc(C)c1NC(=O)CN1C(=O)S/C(=C\c2cc(C(C)(C)C)c(O)c(C(C)(C)C)c2)C1=O. The lowest BCUT2D eigenvalue weighted by Gasteiger charge is -2.28. The minimum absolute atomic E-state index is 0.249. The molecule has 2 aromatic rings. The van der Waals surface area contributed by atoms with E-state index in [1.54, 1.807) is 6.08 Å². The Morgan fingerprint density at radius 2 is 1.51 bits per heavy atom. The number of hydrogen-bond donors (Lipinski definition) is 2. The molecule has 1 saturated heterocycles. The van der Waals surface area contributed by atoms with E-state index in [9.17, 15) is 19.5 Å². The van der Waals surface area contributed by atoms with Crippen LogP contribution in [0.5, 0.6) is 5.75 Å². The Morgan fingerprint density at radius 1 is 1.00 bits per heavy atom. The van der Waals surface area contributed by atoms with Gasteiger partial charge in [-0.25, -0.2) is 0 Å². The zero-order valence-corrected chi connectivity index (χ0v) is 22.5. The first kappa shape index (κ1) is 26.5. The van der Waals surface area contributed by atoms with Gasteiger partial charge in [0.1, 0.15) is 12.3 Å². The number of nitrogens with one attached hydrogen (secondary N) is 1. The number of hydrogen-bond acceptors (Lipinski definition) is 5. The number of phenols is 1. The van der Waals surface area contributed by atoms with Gasteiger partial charge in [-0.1, -0.05) is 59.7 Å². The Balaban J connectivity index is 1.89. The Kier molecular flexibility index (Phi) is 7.23. The zero-order valence-electron chi connectivity index (χ0n) is 21.7. The molecule has 7 heteroatoms. The molecule has 0 radical (unpaired) electrons. The smallest absolute Gasteiger partial charge is 0.294 e. The summed E-state index contributed by atoms with van der Waals surface area (Å²) in [5.41, 5.74) is 4.12. The van der Waals surface area contributed by atoms with Gasteiger partial charge in [0.2, 0.25) is 5.91 Å². The van der Waals surface area contributed by atoms with Gasteiger partial charge >= 0.3 is 0 Å². The lowest BCUT2D eigenvalue weighted by molar-refractivity contribution is -0.127. The highest BCUT2D eigenvalue weighted by molar-refractivity contribution is 8.18. The van der Waals surface area contributed by atoms with Crippen LogP contribution in [0.25, 0.3) is 6.08 Å². The second kappa shape index (κ2) is 9.53. The highest BCUT2D eigenvalue weighted by Gasteiger charge is 2.36. The Hall–Kier alpha value is -3.06. The molecule has 6 nitrogen and oxygen atoms in total. The normalized spacial score (nSPS) is 15.8. The number of phenolic OH excluding ortho intramolecular Hbond substituents is 1. The minimum Gasteiger partial charge on any atom is -0.507 e. The molecule has 0 saturated carbocycles. The number of carbonyl (C=O) groups excluding carboxylic acids is 3. The monoisotopic (exact) mass is 494 g/mol. The van der Waals surface area contributed by atoms with E-state index in [-0.39, 0.29) is 28.0 Å². The van der Waals surface area contributed by atoms with E-state index in [2.05, 4.69) is 5.32 Å². The van der Waals surface area contributed by atoms with Crippen molar-refractivity contribution in [3.8, 4) is 5.75 Å². The van der Waals surface area contributed by atoms with E-state index < -0.39 is 17.1 Å². The molecule has 35 heavy (non-hydrogen) atoms. The second-order valence-corrected chi connectivity index (χ2v) is 12.0. The third kappa shape index (κ3) is 5.78. The van der Waals surface area contributed by atoms with Crippen molar-refractivity contribution in [2.45, 2.75) is 66.2 Å². The first-order valence-electron chi connectivity index (χ1n) is 11.6. The maximum atomic E-state index is 13.1. The predicted octanol–water partition coefficient (Wildman–Crippen LogP) is 6.28. The average molecular weight is 495 g/mol. The zero-order chi connectivity index (χ0) is 26.3. The van der Waals surface area contributed by atoms with E-state index in [1.165, 1.54) is 0 Å². The first-order valence-corrected chi connectivity index (χ1v) is 12.4. The molecule has 1 fully saturated rings. The second-order valence-electron chi connectivity index (χ2n) is 11.0. The molecule has 0 atom stereocenters. The van der Waals surface area contributed by atoms with Gasteiger partial charge in [-0.05, 0) is 71.3 Å². The maximum Gasteiger partial charge on any atom is 0.294 e. The van der Waals surface area contributed by atoms with E-state index in [0.717, 1.165) is 44.5 Å². The molecule has 3 amide bonds. The van der Waals surface area contributed by atoms with Crippen molar-refractivity contribution < 1.29 is 19.5 Å². The van der Waals surface area contributed by atoms with Crippen LogP contribution >= 0.6 is 11.8 Å². The summed E-state index contributed by atoms with van der Waals surface area (Å²) in [6.45, 7) is 15.5. The number of carbonyl (C=O) groups is 3. The summed E-state index contributed by atoms with van der Waals surface area (Å²) in [7, 11) is 0. The number of para-hydroxylation sites is 1. The lowest BCUT2D eigenvalue weighted by Crippen LogP contribution is -2.36. The van der Waals surface area contributed by atoms with Crippen molar-refractivity contribution in [3.05, 3.63) is 63.1 Å². The van der Waals surface area contributed by atoms with E-state index >= 15 is 0 Å². The Labute approximate surface area is 211 Å². The Bertz CT molecular complexity index is 1180. The standard InChI is InChI=1S/C28H34N2O4S/c1-16-10-9-11-17(2)23(16)29-22(31)15-30-25(33)21(35-26(30)34)14-18-12-19(27(3,4)5)24(32)20(13-18)28(6,7)8/h9-14,32H,15H2,1-8H3,(H,29,31)/b21-14-. The van der Waals surface area contributed by atoms with Gasteiger partial charge < -0.3 is 10.4 Å². The first-order chi connectivity index (χ1) is 16.1. The topological polar surface area (TPSA) is 86.7 Å². The quantitative estimate of drug-likeness (QED) is 0.489. The molecule has 2 N–H and O–H groups in total. The van der Waals surface area contributed by atoms with Crippen molar-refractivity contribution >= 4 is 40.6 Å². The van der Waals surface area contributed by atoms with Gasteiger partial charge in [-0.3, -0.25) is 19.3 Å². The van der Waals surface area contributed by atoms with Crippen LogP contribution in [0.1, 0.15) is 69.4 Å². The number of imide groups is 1. The minimum atomic E-state index is -0.501. The van der Waals surface area contributed by atoms with Gasteiger partial charge in [0, 0.05) is 16.8 Å². The molecular weight excluding hydrogens is 460 g/mol. The van der Waals surface area contributed by atoms with E-state index in [0.29, 0.717) is 5.69 Å². The van der Waals surface area contributed by atoms with Crippen LogP contribution in [0.15, 0.2) is 35.2 Å². The van der Waals surface area contributed by atoms with Crippen LogP contribution in [0, 0.1) is 13.8 Å². The number of amides is 3. The van der Waals surface area contributed by atoms with Crippen molar-refractivity contribution in [1.82, 2.24) is 4.90 Å². The number of nitrogens with zero attached hydrogens (tertiary/aromatic N) is 1. The van der Waals surface area contributed by atoms with Gasteiger partial charge in [0.15, 0.2) is 0 Å². The molecule has 2 aromatic carbocycles. The van der Waals surface area contributed by atoms with Crippen LogP contribution in [-0.4, -0.2) is 33.6 Å². The number of aryl methyl sites for hydroxylation is 2. The molecule has 0 aromatic heterocycles. The summed E-state index contributed by atoms with van der Waals surface area (Å²) in [6, 6.07) is 9.39. The Morgan fingerprint density at radius 3 is 2.00 bits per heavy atom. The number of benzene rings is 2.